The van der Waals surface area contributed by atoms with E-state index in [0.717, 1.165) is 51.4 Å². The van der Waals surface area contributed by atoms with Crippen molar-refractivity contribution in [3.8, 4) is 0 Å². The molecule has 0 aromatic rings. The largest absolute Gasteiger partial charge is 0.394 e. The zero-order valence-electron chi connectivity index (χ0n) is 24.2. The average molecular weight is 518 g/mol. The van der Waals surface area contributed by atoms with Crippen LogP contribution < -0.4 is 5.32 Å². The third-order valence-corrected chi connectivity index (χ3v) is 6.53. The van der Waals surface area contributed by atoms with Crippen LogP contribution >= 0.6 is 0 Å². The molecule has 37 heavy (non-hydrogen) atoms. The minimum absolute atomic E-state index is 0.0943. The van der Waals surface area contributed by atoms with Crippen molar-refractivity contribution in [1.29, 1.82) is 0 Å². The molecule has 0 fully saturated rings. The highest BCUT2D eigenvalue weighted by atomic mass is 16.3. The number of aliphatic hydroxyl groups excluding tert-OH is 2. The molecule has 4 heteroatoms. The first kappa shape index (κ1) is 35.4. The van der Waals surface area contributed by atoms with Crippen LogP contribution in [0.15, 0.2) is 48.6 Å². The number of hydrogen-bond acceptors (Lipinski definition) is 3. The molecule has 2 unspecified atom stereocenters. The molecule has 0 rings (SSSR count). The fraction of sp³-hybridized carbons (Fsp3) is 0.727. The molecule has 4 nitrogen and oxygen atoms in total. The van der Waals surface area contributed by atoms with E-state index in [0.29, 0.717) is 6.42 Å². The van der Waals surface area contributed by atoms with E-state index in [1.807, 2.05) is 6.08 Å². The van der Waals surface area contributed by atoms with Gasteiger partial charge >= 0.3 is 0 Å². The van der Waals surface area contributed by atoms with Crippen LogP contribution in [0.5, 0.6) is 0 Å². The molecule has 0 aliphatic rings. The number of carbonyl (C=O) groups is 1. The summed E-state index contributed by atoms with van der Waals surface area (Å²) in [7, 11) is 0. The Bertz CT molecular complexity index is 609. The monoisotopic (exact) mass is 517 g/mol. The number of amides is 1. The van der Waals surface area contributed by atoms with E-state index in [1.165, 1.54) is 64.2 Å². The summed E-state index contributed by atoms with van der Waals surface area (Å²) in [5.74, 6) is -0.0943. The third-order valence-electron chi connectivity index (χ3n) is 6.53. The zero-order chi connectivity index (χ0) is 27.2. The molecule has 0 heterocycles. The summed E-state index contributed by atoms with van der Waals surface area (Å²) in [6.45, 7) is 4.19. The Labute approximate surface area is 229 Å². The van der Waals surface area contributed by atoms with Crippen LogP contribution in [0.1, 0.15) is 136 Å². The smallest absolute Gasteiger partial charge is 0.220 e. The van der Waals surface area contributed by atoms with E-state index in [1.54, 1.807) is 6.08 Å². The maximum atomic E-state index is 12.2. The Hall–Kier alpha value is -1.65. The zero-order valence-corrected chi connectivity index (χ0v) is 24.2. The van der Waals surface area contributed by atoms with E-state index in [9.17, 15) is 15.0 Å². The molecule has 0 spiro atoms. The van der Waals surface area contributed by atoms with Crippen molar-refractivity contribution in [3.63, 3.8) is 0 Å². The fourth-order valence-electron chi connectivity index (χ4n) is 4.10. The summed E-state index contributed by atoms with van der Waals surface area (Å²) >= 11 is 0. The Morgan fingerprint density at radius 3 is 1.78 bits per heavy atom. The first-order valence-corrected chi connectivity index (χ1v) is 15.4. The Morgan fingerprint density at radius 2 is 1.14 bits per heavy atom. The average Bonchev–Trinajstić information content (AvgIpc) is 2.90. The topological polar surface area (TPSA) is 69.6 Å². The van der Waals surface area contributed by atoms with Crippen LogP contribution in [-0.2, 0) is 4.79 Å². The lowest BCUT2D eigenvalue weighted by Gasteiger charge is -2.19. The van der Waals surface area contributed by atoms with Crippen LogP contribution in [0.3, 0.4) is 0 Å². The van der Waals surface area contributed by atoms with Crippen molar-refractivity contribution < 1.29 is 15.0 Å². The maximum Gasteiger partial charge on any atom is 0.220 e. The van der Waals surface area contributed by atoms with Gasteiger partial charge in [-0.2, -0.15) is 0 Å². The molecule has 2 atom stereocenters. The molecule has 1 amide bonds. The van der Waals surface area contributed by atoms with Crippen molar-refractivity contribution in [1.82, 2.24) is 5.32 Å². The van der Waals surface area contributed by atoms with Gasteiger partial charge in [0.2, 0.25) is 5.91 Å². The van der Waals surface area contributed by atoms with Crippen molar-refractivity contribution in [2.75, 3.05) is 6.61 Å². The van der Waals surface area contributed by atoms with Gasteiger partial charge in [0.1, 0.15) is 0 Å². The summed E-state index contributed by atoms with van der Waals surface area (Å²) in [5.41, 5.74) is 0. The van der Waals surface area contributed by atoms with E-state index >= 15 is 0 Å². The lowest BCUT2D eigenvalue weighted by atomic mass is 10.1. The molecular formula is C33H59NO3. The number of aliphatic hydroxyl groups is 2. The predicted molar refractivity (Wildman–Crippen MR) is 161 cm³/mol. The fourth-order valence-corrected chi connectivity index (χ4v) is 4.10. The number of rotatable bonds is 26. The van der Waals surface area contributed by atoms with Gasteiger partial charge in [-0.15, -0.1) is 0 Å². The number of allylic oxidation sites excluding steroid dienone is 7. The second-order valence-corrected chi connectivity index (χ2v) is 10.2. The molecule has 0 aromatic carbocycles. The number of carbonyl (C=O) groups excluding carboxylic acids is 1. The summed E-state index contributed by atoms with van der Waals surface area (Å²) < 4.78 is 0. The third kappa shape index (κ3) is 25.8. The number of hydrogen-bond donors (Lipinski definition) is 3. The van der Waals surface area contributed by atoms with Crippen molar-refractivity contribution in [2.45, 2.75) is 148 Å². The first-order chi connectivity index (χ1) is 18.2. The molecule has 3 N–H and O–H groups in total. The van der Waals surface area contributed by atoms with Gasteiger partial charge in [-0.1, -0.05) is 114 Å². The minimum atomic E-state index is -0.864. The van der Waals surface area contributed by atoms with E-state index in [2.05, 4.69) is 55.6 Å². The van der Waals surface area contributed by atoms with Crippen LogP contribution in [0.4, 0.5) is 0 Å². The van der Waals surface area contributed by atoms with Gasteiger partial charge in [-0.05, 0) is 64.2 Å². The lowest BCUT2D eigenvalue weighted by Crippen LogP contribution is -2.45. The highest BCUT2D eigenvalue weighted by Gasteiger charge is 2.17. The van der Waals surface area contributed by atoms with Crippen molar-refractivity contribution in [3.05, 3.63) is 48.6 Å². The summed E-state index contributed by atoms with van der Waals surface area (Å²) in [4.78, 5) is 12.2. The van der Waals surface area contributed by atoms with Gasteiger partial charge < -0.3 is 15.5 Å². The summed E-state index contributed by atoms with van der Waals surface area (Å²) in [6.07, 6.45) is 37.5. The predicted octanol–water partition coefficient (Wildman–Crippen LogP) is 8.50. The molecule has 0 radical (unpaired) electrons. The van der Waals surface area contributed by atoms with E-state index < -0.39 is 12.1 Å². The van der Waals surface area contributed by atoms with Gasteiger partial charge in [0.25, 0.3) is 0 Å². The summed E-state index contributed by atoms with van der Waals surface area (Å²) in [5, 5.41) is 22.7. The molecule has 214 valence electrons. The SMILES string of the molecule is CCCCC/C=C\C/C=C\CCCCCCCC(=O)NC(CO)C(O)/C=C/CC/C=C/CCCCCC. The quantitative estimate of drug-likeness (QED) is 0.0795. The molecule has 0 aliphatic heterocycles. The Kier molecular flexibility index (Phi) is 27.6. The standard InChI is InChI=1S/C33H59NO3/c1-3-5-7-9-11-13-15-16-17-18-19-21-23-25-27-29-33(37)34-31(30-35)32(36)28-26-24-22-20-14-12-10-8-6-4-2/h11,13-14,16-17,20,26,28,31-32,35-36H,3-10,12,15,18-19,21-25,27,29-30H2,1-2H3,(H,34,37)/b13-11-,17-16-,20-14+,28-26+. The van der Waals surface area contributed by atoms with Gasteiger partial charge in [0, 0.05) is 6.42 Å². The van der Waals surface area contributed by atoms with Crippen molar-refractivity contribution >= 4 is 5.91 Å². The molecule has 0 aliphatic carbocycles. The second-order valence-electron chi connectivity index (χ2n) is 10.2. The maximum absolute atomic E-state index is 12.2. The second kappa shape index (κ2) is 28.9. The molecule has 0 saturated heterocycles. The van der Waals surface area contributed by atoms with Crippen LogP contribution in [-0.4, -0.2) is 34.9 Å². The normalized spacial score (nSPS) is 13.9. The molecule has 0 bridgehead atoms. The highest BCUT2D eigenvalue weighted by Crippen LogP contribution is 2.09. The molecule has 0 saturated carbocycles. The summed E-state index contributed by atoms with van der Waals surface area (Å²) in [6, 6.07) is -0.643. The van der Waals surface area contributed by atoms with Crippen LogP contribution in [0, 0.1) is 0 Å². The minimum Gasteiger partial charge on any atom is -0.394 e. The van der Waals surface area contributed by atoms with Crippen LogP contribution in [0.2, 0.25) is 0 Å². The van der Waals surface area contributed by atoms with Crippen LogP contribution in [0.25, 0.3) is 0 Å². The first-order valence-electron chi connectivity index (χ1n) is 15.4. The van der Waals surface area contributed by atoms with Gasteiger partial charge in [-0.3, -0.25) is 4.79 Å². The van der Waals surface area contributed by atoms with Gasteiger partial charge in [0.05, 0.1) is 18.8 Å². The van der Waals surface area contributed by atoms with Gasteiger partial charge in [0.15, 0.2) is 0 Å². The number of unbranched alkanes of at least 4 members (excludes halogenated alkanes) is 13. The Morgan fingerprint density at radius 1 is 0.649 bits per heavy atom. The highest BCUT2D eigenvalue weighted by molar-refractivity contribution is 5.76. The Balaban J connectivity index is 3.77. The van der Waals surface area contributed by atoms with Gasteiger partial charge in [-0.25, -0.2) is 0 Å². The molecular weight excluding hydrogens is 458 g/mol. The van der Waals surface area contributed by atoms with E-state index in [-0.39, 0.29) is 12.5 Å². The van der Waals surface area contributed by atoms with Crippen molar-refractivity contribution in [2.24, 2.45) is 0 Å². The number of nitrogens with one attached hydrogen (secondary N) is 1. The lowest BCUT2D eigenvalue weighted by molar-refractivity contribution is -0.123. The van der Waals surface area contributed by atoms with E-state index in [4.69, 9.17) is 0 Å². The molecule has 0 aromatic heterocycles.